The van der Waals surface area contributed by atoms with Crippen LogP contribution >= 0.6 is 11.5 Å². The Kier molecular flexibility index (Phi) is 3.14. The number of H-pyrrole nitrogens is 1. The van der Waals surface area contributed by atoms with Crippen LogP contribution in [0.4, 0.5) is 8.78 Å². The summed E-state index contributed by atoms with van der Waals surface area (Å²) in [6, 6.07) is 5.68. The molecule has 5 rings (SSSR count). The van der Waals surface area contributed by atoms with Gasteiger partial charge in [-0.3, -0.25) is 14.0 Å². The Morgan fingerprint density at radius 3 is 2.73 bits per heavy atom. The number of aromatic amines is 1. The molecule has 1 aliphatic carbocycles. The Bertz CT molecular complexity index is 1320. The number of hydrogen-bond donors (Lipinski definition) is 1. The maximum atomic E-state index is 14.7. The number of pyridine rings is 2. The molecule has 0 atom stereocenters. The van der Waals surface area contributed by atoms with Crippen LogP contribution in [0.15, 0.2) is 40.1 Å². The third-order valence-corrected chi connectivity index (χ3v) is 5.56. The number of nitrogens with one attached hydrogen (secondary N) is 1. The van der Waals surface area contributed by atoms with Crippen molar-refractivity contribution in [3.05, 3.63) is 62.8 Å². The van der Waals surface area contributed by atoms with Crippen LogP contribution < -0.4 is 11.0 Å². The molecule has 26 heavy (non-hydrogen) atoms. The minimum absolute atomic E-state index is 0.0315. The van der Waals surface area contributed by atoms with E-state index < -0.39 is 22.8 Å². The Balaban J connectivity index is 1.96. The number of benzene rings is 1. The molecule has 0 amide bonds. The molecule has 1 aliphatic rings. The van der Waals surface area contributed by atoms with E-state index in [-0.39, 0.29) is 27.9 Å². The molecule has 130 valence electrons. The third-order valence-electron chi connectivity index (χ3n) is 4.68. The van der Waals surface area contributed by atoms with Gasteiger partial charge < -0.3 is 4.57 Å². The maximum absolute atomic E-state index is 14.7. The van der Waals surface area contributed by atoms with E-state index in [1.807, 2.05) is 4.57 Å². The first kappa shape index (κ1) is 15.4. The Labute approximate surface area is 148 Å². The molecule has 0 unspecified atom stereocenters. The first-order chi connectivity index (χ1) is 12.6. The standard InChI is InChI=1S/C18H11F2N3O2S/c19-12-6-11-13(7-10(12)9-2-1-5-21-16(9)20)23(8-3-4-8)18-14(15(11)24)17(25)22-26-18/h1-2,5-8H,3-4H2,(H,22,25). The van der Waals surface area contributed by atoms with Crippen LogP contribution in [0, 0.1) is 11.8 Å². The van der Waals surface area contributed by atoms with Crippen LogP contribution in [0.5, 0.6) is 0 Å². The zero-order valence-corrected chi connectivity index (χ0v) is 14.1. The average molecular weight is 371 g/mol. The Morgan fingerprint density at radius 2 is 2.00 bits per heavy atom. The average Bonchev–Trinajstić information content (AvgIpc) is 3.38. The zero-order valence-electron chi connectivity index (χ0n) is 13.3. The predicted molar refractivity (Wildman–Crippen MR) is 95.6 cm³/mol. The van der Waals surface area contributed by atoms with E-state index >= 15 is 0 Å². The SMILES string of the molecule is O=c1[nH]sc2c1c(=O)c1cc(F)c(-c3cccnc3F)cc1n2C1CC1. The quantitative estimate of drug-likeness (QED) is 0.548. The monoisotopic (exact) mass is 371 g/mol. The van der Waals surface area contributed by atoms with Gasteiger partial charge in [0.15, 0.2) is 0 Å². The van der Waals surface area contributed by atoms with Crippen LogP contribution in [0.2, 0.25) is 0 Å². The highest BCUT2D eigenvalue weighted by molar-refractivity contribution is 7.12. The summed E-state index contributed by atoms with van der Waals surface area (Å²) in [4.78, 5) is 28.9. The van der Waals surface area contributed by atoms with Gasteiger partial charge in [-0.2, -0.15) is 4.39 Å². The molecule has 0 spiro atoms. The predicted octanol–water partition coefficient (Wildman–Crippen LogP) is 3.58. The van der Waals surface area contributed by atoms with Gasteiger partial charge in [-0.1, -0.05) is 0 Å². The number of nitrogens with zero attached hydrogens (tertiary/aromatic N) is 2. The summed E-state index contributed by atoms with van der Waals surface area (Å²) in [6.45, 7) is 0. The molecule has 3 aromatic heterocycles. The molecule has 1 saturated carbocycles. The zero-order chi connectivity index (χ0) is 18.0. The van der Waals surface area contributed by atoms with Gasteiger partial charge in [-0.05, 0) is 48.6 Å². The lowest BCUT2D eigenvalue weighted by Gasteiger charge is -2.13. The Morgan fingerprint density at radius 1 is 1.19 bits per heavy atom. The summed E-state index contributed by atoms with van der Waals surface area (Å²) < 4.78 is 33.3. The van der Waals surface area contributed by atoms with Gasteiger partial charge in [0.05, 0.1) is 5.52 Å². The van der Waals surface area contributed by atoms with Crippen molar-refractivity contribution in [1.29, 1.82) is 0 Å². The molecule has 1 aromatic carbocycles. The van der Waals surface area contributed by atoms with Crippen LogP contribution in [0.1, 0.15) is 18.9 Å². The number of rotatable bonds is 2. The fourth-order valence-electron chi connectivity index (χ4n) is 3.34. The van der Waals surface area contributed by atoms with Gasteiger partial charge >= 0.3 is 0 Å². The second-order valence-corrected chi connectivity index (χ2v) is 7.13. The lowest BCUT2D eigenvalue weighted by atomic mass is 10.0. The summed E-state index contributed by atoms with van der Waals surface area (Å²) in [7, 11) is 0. The highest BCUT2D eigenvalue weighted by atomic mass is 32.1. The van der Waals surface area contributed by atoms with Crippen molar-refractivity contribution in [2.24, 2.45) is 0 Å². The number of hydrogen-bond acceptors (Lipinski definition) is 4. The molecule has 8 heteroatoms. The van der Waals surface area contributed by atoms with Gasteiger partial charge in [-0.15, -0.1) is 0 Å². The molecule has 1 N–H and O–H groups in total. The van der Waals surface area contributed by atoms with Crippen LogP contribution in [-0.4, -0.2) is 13.9 Å². The smallest absolute Gasteiger partial charge is 0.271 e. The summed E-state index contributed by atoms with van der Waals surface area (Å²) in [5.74, 6) is -1.51. The van der Waals surface area contributed by atoms with Gasteiger partial charge in [0.25, 0.3) is 5.56 Å². The highest BCUT2D eigenvalue weighted by Crippen LogP contribution is 2.40. The van der Waals surface area contributed by atoms with Gasteiger partial charge in [-0.25, -0.2) is 9.37 Å². The van der Waals surface area contributed by atoms with Crippen LogP contribution in [-0.2, 0) is 0 Å². The van der Waals surface area contributed by atoms with E-state index in [2.05, 4.69) is 9.36 Å². The van der Waals surface area contributed by atoms with Crippen molar-refractivity contribution >= 4 is 32.7 Å². The molecule has 3 heterocycles. The van der Waals surface area contributed by atoms with E-state index in [0.717, 1.165) is 30.4 Å². The van der Waals surface area contributed by atoms with Crippen molar-refractivity contribution in [3.8, 4) is 11.1 Å². The van der Waals surface area contributed by atoms with Crippen molar-refractivity contribution in [1.82, 2.24) is 13.9 Å². The Hall–Kier alpha value is -2.87. The van der Waals surface area contributed by atoms with E-state index in [1.165, 1.54) is 24.4 Å². The van der Waals surface area contributed by atoms with E-state index in [0.29, 0.717) is 10.3 Å². The first-order valence-corrected chi connectivity index (χ1v) is 8.87. The van der Waals surface area contributed by atoms with Crippen molar-refractivity contribution < 1.29 is 8.78 Å². The van der Waals surface area contributed by atoms with Crippen molar-refractivity contribution in [2.45, 2.75) is 18.9 Å². The minimum atomic E-state index is -0.779. The normalized spacial score (nSPS) is 14.4. The molecule has 4 aromatic rings. The van der Waals surface area contributed by atoms with Crippen LogP contribution in [0.25, 0.3) is 32.2 Å². The molecule has 0 saturated heterocycles. The van der Waals surface area contributed by atoms with E-state index in [9.17, 15) is 18.4 Å². The minimum Gasteiger partial charge on any atom is -0.328 e. The van der Waals surface area contributed by atoms with Crippen molar-refractivity contribution in [2.75, 3.05) is 0 Å². The fraction of sp³-hybridized carbons (Fsp3) is 0.167. The lowest BCUT2D eigenvalue weighted by Crippen LogP contribution is -2.15. The van der Waals surface area contributed by atoms with Gasteiger partial charge in [0.2, 0.25) is 11.4 Å². The summed E-state index contributed by atoms with van der Waals surface area (Å²) >= 11 is 1.09. The largest absolute Gasteiger partial charge is 0.328 e. The summed E-state index contributed by atoms with van der Waals surface area (Å²) in [5.41, 5.74) is -0.399. The van der Waals surface area contributed by atoms with Gasteiger partial charge in [0, 0.05) is 28.8 Å². The molecule has 5 nitrogen and oxygen atoms in total. The number of halogens is 2. The highest BCUT2D eigenvalue weighted by Gasteiger charge is 2.29. The second kappa shape index (κ2) is 5.31. The molecule has 0 radical (unpaired) electrons. The molecule has 0 bridgehead atoms. The molecular formula is C18H11F2N3O2S. The molecule has 1 fully saturated rings. The number of fused-ring (bicyclic) bond motifs is 2. The third kappa shape index (κ3) is 2.08. The first-order valence-electron chi connectivity index (χ1n) is 8.06. The van der Waals surface area contributed by atoms with E-state index in [1.54, 1.807) is 0 Å². The molecule has 0 aliphatic heterocycles. The van der Waals surface area contributed by atoms with Crippen LogP contribution in [0.3, 0.4) is 0 Å². The van der Waals surface area contributed by atoms with Gasteiger partial charge in [0.1, 0.15) is 16.0 Å². The van der Waals surface area contributed by atoms with Crippen molar-refractivity contribution in [3.63, 3.8) is 0 Å². The lowest BCUT2D eigenvalue weighted by molar-refractivity contribution is 0.583. The second-order valence-electron chi connectivity index (χ2n) is 6.33. The number of aromatic nitrogens is 3. The topological polar surface area (TPSA) is 67.8 Å². The summed E-state index contributed by atoms with van der Waals surface area (Å²) in [6.07, 6.45) is 3.11. The molecular weight excluding hydrogens is 360 g/mol. The fourth-order valence-corrected chi connectivity index (χ4v) is 4.26. The maximum Gasteiger partial charge on any atom is 0.271 e. The summed E-state index contributed by atoms with van der Waals surface area (Å²) in [5, 5.41) is 0.174. The van der Waals surface area contributed by atoms with E-state index in [4.69, 9.17) is 0 Å².